The van der Waals surface area contributed by atoms with Gasteiger partial charge in [-0.1, -0.05) is 0 Å². The Balaban J connectivity index is 0.613. The molecule has 45 spiro atoms. The molecule has 68 aliphatic carbocycles. The fourth-order valence-corrected chi connectivity index (χ4v) is 106. The van der Waals surface area contributed by atoms with Gasteiger partial charge in [0.15, 0.2) is 0 Å². The summed E-state index contributed by atoms with van der Waals surface area (Å²) in [6.45, 7) is 0. The molecule has 0 radical (unpaired) electrons. The van der Waals surface area contributed by atoms with Crippen LogP contribution in [0.3, 0.4) is 0 Å². The van der Waals surface area contributed by atoms with Crippen LogP contribution in [0.1, 0.15) is 25.7 Å². The second-order valence-electron chi connectivity index (χ2n) is 61.1. The molecule has 76 unspecified atom stereocenters. The topological polar surface area (TPSA) is 0 Å². The Labute approximate surface area is 526 Å². The van der Waals surface area contributed by atoms with Gasteiger partial charge in [0.25, 0.3) is 0 Å². The molecule has 424 valence electrons. The van der Waals surface area contributed by atoms with E-state index < -0.39 is 0 Å². The minimum atomic E-state index is 1.07. The van der Waals surface area contributed by atoms with E-state index in [2.05, 4.69) is 0 Å². The van der Waals surface area contributed by atoms with Crippen molar-refractivity contribution in [1.29, 1.82) is 0 Å². The van der Waals surface area contributed by atoms with Gasteiger partial charge in [0.2, 0.25) is 0 Å². The first-order valence-electron chi connectivity index (χ1n) is 46.3. The fourth-order valence-electron chi connectivity index (χ4n) is 106. The first kappa shape index (κ1) is 30.7. The molecule has 0 bridgehead atoms. The number of rotatable bonds is 0. The van der Waals surface area contributed by atoms with E-state index in [1.165, 1.54) is 260 Å². The molecule has 68 fully saturated rings. The maximum atomic E-state index is 1.93. The summed E-state index contributed by atoms with van der Waals surface area (Å²) in [6, 6.07) is 0. The first-order chi connectivity index (χ1) is 46.3. The summed E-state index contributed by atoms with van der Waals surface area (Å²) in [5, 5.41) is 0. The summed E-state index contributed by atoms with van der Waals surface area (Å²) in [7, 11) is 0. The summed E-state index contributed by atoms with van der Waals surface area (Å²) >= 11 is 0. The van der Waals surface area contributed by atoms with Crippen molar-refractivity contribution in [1.82, 2.24) is 0 Å². The zero-order valence-electron chi connectivity index (χ0n) is 50.7. The van der Waals surface area contributed by atoms with E-state index >= 15 is 0 Å². The predicted molar refractivity (Wildman–Crippen MR) is 284 cm³/mol. The maximum absolute atomic E-state index is 1.93. The van der Waals surface area contributed by atoms with Crippen LogP contribution in [-0.2, 0) is 0 Å². The van der Waals surface area contributed by atoms with Crippen LogP contribution in [-0.4, -0.2) is 0 Å². The molecule has 0 nitrogen and oxygen atoms in total. The Morgan fingerprint density at radius 1 is 0.129 bits per heavy atom. The van der Waals surface area contributed by atoms with E-state index in [-0.39, 0.29) is 0 Å². The van der Waals surface area contributed by atoms with Gasteiger partial charge in [0.1, 0.15) is 0 Å². The predicted octanol–water partition coefficient (Wildman–Crippen LogP) is 7.22. The number of hydrogen-bond donors (Lipinski definition) is 0. The highest BCUT2D eigenvalue weighted by Gasteiger charge is 3.74. The fraction of sp³-hybridized carbons (Fsp3) is 1.00. The van der Waals surface area contributed by atoms with Crippen LogP contribution in [0.15, 0.2) is 0 Å². The lowest BCUT2D eigenvalue weighted by Crippen LogP contribution is -3.68. The van der Waals surface area contributed by atoms with Gasteiger partial charge in [-0.15, -0.1) is 0 Å². The Hall–Kier alpha value is 0. The van der Waals surface area contributed by atoms with Crippen LogP contribution in [0.2, 0.25) is 0 Å². The Morgan fingerprint density at radius 3 is 0.903 bits per heavy atom. The largest absolute Gasteiger partial charge is 0.0459 e. The molecule has 93 heavy (non-hydrogen) atoms. The standard InChI is InChI=1S/C93H52/c1-5-13-15-23-16-14-6-2-8-18-33-40-44-42-37-29-31-20-10-4-12-22-35-38-34-21-11-3-9-19-30-28-36-41-43-39-32-17-7(1)49(5)24(13)26(15)51(23)27(16)25(14)50(6,8)58(18)68(33)74(40)76(44)72(42)66(37)55(29)46-48-56-47-45-54(28,65(36)71(41)75(43)73(39)67(32)57(17,49)82(51,58)87(67,68)89(73,74)90(75,76)88(71,72)83(56,65)66)59(30)61(19)52(9,11)63(21)69(34)77(38)70(35)64(22)53(10,12)62(20)60(31,55)79(46)81(48)84(56)80(47)78(45,59)85(61,63)91(69,80)93(77,84)92(70,81)86(62,64)79/h5-48H,1-4H2. The van der Waals surface area contributed by atoms with Crippen LogP contribution < -0.4 is 0 Å². The van der Waals surface area contributed by atoms with Crippen molar-refractivity contribution in [2.24, 2.45) is 488 Å². The minimum absolute atomic E-state index is 1.07. The highest BCUT2D eigenvalue weighted by Crippen LogP contribution is 3.76. The van der Waals surface area contributed by atoms with Gasteiger partial charge in [-0.3, -0.25) is 0 Å². The molecule has 0 aromatic carbocycles. The third kappa shape index (κ3) is 0.673. The molecule has 68 aliphatic rings. The third-order valence-corrected chi connectivity index (χ3v) is 82.4. The average molecular weight is 1170 g/mol. The van der Waals surface area contributed by atoms with Crippen molar-refractivity contribution < 1.29 is 0 Å². The van der Waals surface area contributed by atoms with Crippen molar-refractivity contribution in [3.05, 3.63) is 16.2 Å². The van der Waals surface area contributed by atoms with Crippen LogP contribution >= 0.6 is 0 Å². The van der Waals surface area contributed by atoms with Gasteiger partial charge in [-0.2, -0.15) is 0 Å². The molecule has 0 aromatic heterocycles. The van der Waals surface area contributed by atoms with E-state index in [0.29, 0.717) is 0 Å². The monoisotopic (exact) mass is 1170 g/mol. The first-order valence-corrected chi connectivity index (χ1v) is 46.3. The number of hydrogen-bond acceptors (Lipinski definition) is 0. The quantitative estimate of drug-likeness (QED) is 0.241. The van der Waals surface area contributed by atoms with E-state index in [4.69, 9.17) is 0 Å². The summed E-state index contributed by atoms with van der Waals surface area (Å²) < 4.78 is 0. The van der Waals surface area contributed by atoms with E-state index in [0.717, 1.165) is 244 Å². The van der Waals surface area contributed by atoms with Gasteiger partial charge in [-0.25, -0.2) is 0 Å². The van der Waals surface area contributed by atoms with Gasteiger partial charge in [-0.05, 0) is 530 Å². The van der Waals surface area contributed by atoms with Crippen molar-refractivity contribution in [3.63, 3.8) is 0 Å². The Bertz CT molecular complexity index is 6650. The smallest absolute Gasteiger partial charge is 0.000426 e. The highest BCUT2D eigenvalue weighted by atomic mass is 15.8. The van der Waals surface area contributed by atoms with E-state index in [9.17, 15) is 0 Å². The second kappa shape index (κ2) is 4.62. The van der Waals surface area contributed by atoms with Crippen molar-refractivity contribution >= 4 is 0 Å². The molecule has 0 heteroatoms. The van der Waals surface area contributed by atoms with Crippen LogP contribution in [0, 0.1) is 504 Å². The molecule has 0 saturated heterocycles. The summed E-state index contributed by atoms with van der Waals surface area (Å²) in [4.78, 5) is 0. The van der Waals surface area contributed by atoms with E-state index in [1.807, 2.05) is 25.7 Å². The summed E-state index contributed by atoms with van der Waals surface area (Å²) in [6.07, 6.45) is 7.67. The molecule has 0 heterocycles. The van der Waals surface area contributed by atoms with Crippen molar-refractivity contribution in [2.75, 3.05) is 0 Å². The average Bonchev–Trinajstić information content (AvgIpc) is 0.419. The van der Waals surface area contributed by atoms with Gasteiger partial charge in [0, 0.05) is 0 Å². The molecular weight excluding hydrogens is 1120 g/mol. The van der Waals surface area contributed by atoms with Gasteiger partial charge >= 0.3 is 0 Å². The molecule has 76 atom stereocenters. The highest BCUT2D eigenvalue weighted by molar-refractivity contribution is 6.31. The molecular formula is C93H52. The zero-order valence-corrected chi connectivity index (χ0v) is 50.7. The molecule has 68 rings (SSSR count). The number of fused-ring (bicyclic) bond motifs is 32. The molecule has 0 aliphatic heterocycles. The zero-order chi connectivity index (χ0) is 50.7. The molecule has 0 N–H and O–H groups in total. The SMILES string of the molecule is C1C2C3C4C5C6C7C8CC9C%10C%11C%12C%13C%14C%15C%16C%17C%18C%19CC%20C%21C%22C%23C%24C%25C%26CC%27C%28C%29C%30C%31C%32C%33C%34C%35C%36C1C21C3C4C52C6C7C89C%103C%114C%125C%136C%147C%158C%169C%10C%11C%12%13C%14C%15C%30(C%29%16C%28%29C%27%26C%25%26C%24%25C%23%24C%22%23C%21%22C%19%20C%18%19C%179C%109C%11%10C%12%11C%14%12C%15%16C%29%26C%25%12C%24%11C%23%10C%19%229)C%319C%32%10C%33%11C%34%12C%35%14C%361C23C%144C%125C%116C%107C%1398. The maximum Gasteiger partial charge on any atom is -0.000426 e. The molecule has 0 aromatic rings. The van der Waals surface area contributed by atoms with Crippen molar-refractivity contribution in [2.45, 2.75) is 25.7 Å². The lowest BCUT2D eigenvalue weighted by molar-refractivity contribution is -1.23. The lowest BCUT2D eigenvalue weighted by Gasteiger charge is -3.69. The second-order valence-corrected chi connectivity index (χ2v) is 61.1. The van der Waals surface area contributed by atoms with Crippen LogP contribution in [0.25, 0.3) is 0 Å². The Morgan fingerprint density at radius 2 is 0.430 bits per heavy atom. The lowest BCUT2D eigenvalue weighted by atomic mass is 8.33. The van der Waals surface area contributed by atoms with Crippen LogP contribution in [0.4, 0.5) is 0 Å². The van der Waals surface area contributed by atoms with Gasteiger partial charge < -0.3 is 0 Å². The van der Waals surface area contributed by atoms with E-state index in [1.54, 1.807) is 0 Å². The summed E-state index contributed by atoms with van der Waals surface area (Å²) in [5.74, 6) is 63.1. The van der Waals surface area contributed by atoms with Gasteiger partial charge in [0.05, 0.1) is 0 Å². The molecule has 68 saturated carbocycles. The summed E-state index contributed by atoms with van der Waals surface area (Å²) in [5.41, 5.74) is 50.2. The third-order valence-electron chi connectivity index (χ3n) is 82.4. The normalized spacial score (nSPS) is 145. The Kier molecular flexibility index (Phi) is 1.53. The van der Waals surface area contributed by atoms with Crippen LogP contribution in [0.5, 0.6) is 0 Å². The molecule has 0 amide bonds. The minimum Gasteiger partial charge on any atom is -0.0459 e. The van der Waals surface area contributed by atoms with Crippen molar-refractivity contribution in [3.8, 4) is 0 Å².